The van der Waals surface area contributed by atoms with Gasteiger partial charge in [-0.15, -0.1) is 0 Å². The quantitative estimate of drug-likeness (QED) is 0.658. The Labute approximate surface area is 83.5 Å². The Balaban J connectivity index is 1.88. The Bertz CT molecular complexity index is 357. The first kappa shape index (κ1) is 8.42. The third-order valence-corrected chi connectivity index (χ3v) is 3.27. The molecule has 0 aromatic heterocycles. The molecule has 1 aliphatic carbocycles. The fourth-order valence-corrected chi connectivity index (χ4v) is 2.30. The van der Waals surface area contributed by atoms with Gasteiger partial charge >= 0.3 is 0 Å². The third-order valence-electron chi connectivity index (χ3n) is 3.27. The summed E-state index contributed by atoms with van der Waals surface area (Å²) in [7, 11) is 0. The van der Waals surface area contributed by atoms with Gasteiger partial charge in [-0.25, -0.2) is 4.39 Å². The fourth-order valence-electron chi connectivity index (χ4n) is 2.30. The van der Waals surface area contributed by atoms with Crippen LogP contribution >= 0.6 is 0 Å². The molecular weight excluding hydrogens is 177 g/mol. The molecule has 1 heterocycles. The number of hydrogen-bond donors (Lipinski definition) is 0. The monoisotopic (exact) mass is 191 g/mol. The minimum Gasteiger partial charge on any atom is -0.296 e. The highest BCUT2D eigenvalue weighted by atomic mass is 19.1. The van der Waals surface area contributed by atoms with E-state index in [1.807, 2.05) is 6.07 Å². The van der Waals surface area contributed by atoms with Gasteiger partial charge in [0.1, 0.15) is 5.82 Å². The summed E-state index contributed by atoms with van der Waals surface area (Å²) in [5.74, 6) is -0.0959. The molecule has 0 N–H and O–H groups in total. The van der Waals surface area contributed by atoms with Gasteiger partial charge in [-0.3, -0.25) is 4.90 Å². The van der Waals surface area contributed by atoms with Crippen molar-refractivity contribution >= 4 is 0 Å². The standard InChI is InChI=1S/C12H14FN/c13-11-2-1-9-5-6-14(12-3-4-12)8-10(9)7-11/h1-2,7,12H,3-6,8H2. The average molecular weight is 191 g/mol. The zero-order chi connectivity index (χ0) is 9.54. The smallest absolute Gasteiger partial charge is 0.123 e. The maximum Gasteiger partial charge on any atom is 0.123 e. The average Bonchev–Trinajstić information content (AvgIpc) is 3.00. The van der Waals surface area contributed by atoms with E-state index in [1.165, 1.54) is 24.0 Å². The summed E-state index contributed by atoms with van der Waals surface area (Å²) >= 11 is 0. The van der Waals surface area contributed by atoms with Gasteiger partial charge in [0, 0.05) is 19.1 Å². The van der Waals surface area contributed by atoms with Gasteiger partial charge in [-0.2, -0.15) is 0 Å². The number of rotatable bonds is 1. The van der Waals surface area contributed by atoms with Crippen LogP contribution in [0.15, 0.2) is 18.2 Å². The molecule has 2 heteroatoms. The molecule has 0 spiro atoms. The van der Waals surface area contributed by atoms with Gasteiger partial charge in [0.05, 0.1) is 0 Å². The number of nitrogens with zero attached hydrogens (tertiary/aromatic N) is 1. The van der Waals surface area contributed by atoms with Crippen LogP contribution in [0.25, 0.3) is 0 Å². The van der Waals surface area contributed by atoms with Crippen molar-refractivity contribution in [1.29, 1.82) is 0 Å². The Morgan fingerprint density at radius 2 is 2.07 bits per heavy atom. The highest BCUT2D eigenvalue weighted by Gasteiger charge is 2.30. The van der Waals surface area contributed by atoms with Crippen molar-refractivity contribution < 1.29 is 4.39 Å². The van der Waals surface area contributed by atoms with Crippen LogP contribution in [0.2, 0.25) is 0 Å². The normalized spacial score (nSPS) is 22.1. The van der Waals surface area contributed by atoms with Crippen LogP contribution in [-0.4, -0.2) is 17.5 Å². The summed E-state index contributed by atoms with van der Waals surface area (Å²) in [6.07, 6.45) is 3.77. The minimum absolute atomic E-state index is 0.0959. The molecule has 0 atom stereocenters. The maximum atomic E-state index is 13.0. The molecule has 1 aromatic rings. The summed E-state index contributed by atoms with van der Waals surface area (Å²) in [6.45, 7) is 2.11. The summed E-state index contributed by atoms with van der Waals surface area (Å²) in [5.41, 5.74) is 2.53. The molecule has 1 aromatic carbocycles. The molecule has 1 saturated carbocycles. The van der Waals surface area contributed by atoms with E-state index in [9.17, 15) is 4.39 Å². The Kier molecular flexibility index (Phi) is 1.84. The molecule has 0 bridgehead atoms. The zero-order valence-electron chi connectivity index (χ0n) is 8.17. The van der Waals surface area contributed by atoms with E-state index in [0.717, 1.165) is 25.6 Å². The zero-order valence-corrected chi connectivity index (χ0v) is 8.17. The molecule has 0 radical (unpaired) electrons. The van der Waals surface area contributed by atoms with Gasteiger partial charge in [0.15, 0.2) is 0 Å². The van der Waals surface area contributed by atoms with Crippen molar-refractivity contribution in [2.24, 2.45) is 0 Å². The lowest BCUT2D eigenvalue weighted by Gasteiger charge is -2.28. The van der Waals surface area contributed by atoms with E-state index >= 15 is 0 Å². The molecule has 3 rings (SSSR count). The van der Waals surface area contributed by atoms with Crippen LogP contribution < -0.4 is 0 Å². The van der Waals surface area contributed by atoms with E-state index in [-0.39, 0.29) is 5.82 Å². The molecule has 2 aliphatic rings. The van der Waals surface area contributed by atoms with Gasteiger partial charge in [0.2, 0.25) is 0 Å². The lowest BCUT2D eigenvalue weighted by molar-refractivity contribution is 0.243. The minimum atomic E-state index is -0.0959. The van der Waals surface area contributed by atoms with Gasteiger partial charge in [-0.1, -0.05) is 6.07 Å². The van der Waals surface area contributed by atoms with Gasteiger partial charge < -0.3 is 0 Å². The lowest BCUT2D eigenvalue weighted by Crippen LogP contribution is -2.32. The van der Waals surface area contributed by atoms with Gasteiger partial charge in [0.25, 0.3) is 0 Å². The number of benzene rings is 1. The topological polar surface area (TPSA) is 3.24 Å². The number of fused-ring (bicyclic) bond motifs is 1. The van der Waals surface area contributed by atoms with Crippen molar-refractivity contribution in [3.8, 4) is 0 Å². The Morgan fingerprint density at radius 1 is 1.21 bits per heavy atom. The molecule has 14 heavy (non-hydrogen) atoms. The molecule has 1 aliphatic heterocycles. The maximum absolute atomic E-state index is 13.0. The summed E-state index contributed by atoms with van der Waals surface area (Å²) in [6, 6.07) is 6.01. The van der Waals surface area contributed by atoms with Crippen LogP contribution in [0.5, 0.6) is 0 Å². The number of halogens is 1. The molecule has 74 valence electrons. The highest BCUT2D eigenvalue weighted by Crippen LogP contribution is 2.31. The van der Waals surface area contributed by atoms with Crippen LogP contribution in [0.4, 0.5) is 4.39 Å². The van der Waals surface area contributed by atoms with Crippen molar-refractivity contribution in [3.05, 3.63) is 35.1 Å². The van der Waals surface area contributed by atoms with E-state index in [4.69, 9.17) is 0 Å². The van der Waals surface area contributed by atoms with Crippen molar-refractivity contribution in [3.63, 3.8) is 0 Å². The summed E-state index contributed by atoms with van der Waals surface area (Å²) in [4.78, 5) is 2.49. The Morgan fingerprint density at radius 3 is 2.86 bits per heavy atom. The first-order valence-corrected chi connectivity index (χ1v) is 5.34. The van der Waals surface area contributed by atoms with E-state index in [2.05, 4.69) is 4.90 Å². The second-order valence-electron chi connectivity index (χ2n) is 4.36. The summed E-state index contributed by atoms with van der Waals surface area (Å²) < 4.78 is 13.0. The van der Waals surface area contributed by atoms with Crippen molar-refractivity contribution in [1.82, 2.24) is 4.90 Å². The Hall–Kier alpha value is -0.890. The van der Waals surface area contributed by atoms with E-state index in [1.54, 1.807) is 12.1 Å². The first-order chi connectivity index (χ1) is 6.83. The van der Waals surface area contributed by atoms with Crippen LogP contribution in [-0.2, 0) is 13.0 Å². The van der Waals surface area contributed by atoms with E-state index in [0.29, 0.717) is 0 Å². The predicted molar refractivity (Wildman–Crippen MR) is 53.5 cm³/mol. The fraction of sp³-hybridized carbons (Fsp3) is 0.500. The van der Waals surface area contributed by atoms with Gasteiger partial charge in [-0.05, 0) is 42.5 Å². The van der Waals surface area contributed by atoms with Crippen LogP contribution in [0.1, 0.15) is 24.0 Å². The first-order valence-electron chi connectivity index (χ1n) is 5.34. The predicted octanol–water partition coefficient (Wildman–Crippen LogP) is 2.35. The third kappa shape index (κ3) is 1.44. The molecule has 0 saturated heterocycles. The van der Waals surface area contributed by atoms with Crippen LogP contribution in [0, 0.1) is 5.82 Å². The largest absolute Gasteiger partial charge is 0.296 e. The molecular formula is C12H14FN. The molecule has 0 amide bonds. The molecule has 0 unspecified atom stereocenters. The van der Waals surface area contributed by atoms with Crippen molar-refractivity contribution in [2.75, 3.05) is 6.54 Å². The number of hydrogen-bond acceptors (Lipinski definition) is 1. The van der Waals surface area contributed by atoms with Crippen LogP contribution in [0.3, 0.4) is 0 Å². The SMILES string of the molecule is Fc1ccc2c(c1)CN(C1CC1)CC2. The highest BCUT2D eigenvalue weighted by molar-refractivity contribution is 5.30. The molecule has 1 fully saturated rings. The molecule has 1 nitrogen and oxygen atoms in total. The van der Waals surface area contributed by atoms with Crippen molar-refractivity contribution in [2.45, 2.75) is 31.8 Å². The van der Waals surface area contributed by atoms with E-state index < -0.39 is 0 Å². The second-order valence-corrected chi connectivity index (χ2v) is 4.36. The lowest BCUT2D eigenvalue weighted by atomic mass is 9.99. The second kappa shape index (κ2) is 3.06. The summed E-state index contributed by atoms with van der Waals surface area (Å²) in [5, 5.41) is 0.